The minimum absolute atomic E-state index is 0.310. The Bertz CT molecular complexity index is 551. The Morgan fingerprint density at radius 2 is 1.85 bits per heavy atom. The Balaban J connectivity index is 2.16. The Kier molecular flexibility index (Phi) is 3.56. The van der Waals surface area contributed by atoms with E-state index in [4.69, 9.17) is 5.11 Å². The van der Waals surface area contributed by atoms with Gasteiger partial charge >= 0.3 is 5.97 Å². The molecule has 0 bridgehead atoms. The first-order valence-corrected chi connectivity index (χ1v) is 6.57. The quantitative estimate of drug-likeness (QED) is 0.786. The van der Waals surface area contributed by atoms with Crippen LogP contribution < -0.4 is 5.32 Å². The number of aliphatic hydroxyl groups is 1. The number of hydrogen-bond acceptors (Lipinski definition) is 3. The first kappa shape index (κ1) is 14.5. The van der Waals surface area contributed by atoms with Crippen molar-refractivity contribution in [3.8, 4) is 0 Å². The van der Waals surface area contributed by atoms with Gasteiger partial charge in [-0.15, -0.1) is 0 Å². The first-order valence-electron chi connectivity index (χ1n) is 6.57. The second kappa shape index (κ2) is 4.90. The van der Waals surface area contributed by atoms with Crippen LogP contribution in [-0.4, -0.2) is 22.1 Å². The van der Waals surface area contributed by atoms with Crippen LogP contribution in [0.4, 0.5) is 5.69 Å². The predicted octanol–water partition coefficient (Wildman–Crippen LogP) is 2.04. The maximum absolute atomic E-state index is 12.2. The number of carbonyl (C=O) groups is 2. The molecule has 3 atom stereocenters. The fourth-order valence-corrected chi connectivity index (χ4v) is 2.77. The standard InChI is InChI=1S/C15H19NO4/c1-8(17)9-6-4-5-7-10(9)16-13(18)11-12(14(19)20)15(11,2)3/h4-8,11-12,17H,1-3H3,(H,16,18)(H,19,20). The summed E-state index contributed by atoms with van der Waals surface area (Å²) in [6.45, 7) is 5.17. The zero-order valence-electron chi connectivity index (χ0n) is 11.8. The highest BCUT2D eigenvalue weighted by Gasteiger charge is 2.65. The zero-order chi connectivity index (χ0) is 15.1. The molecule has 1 fully saturated rings. The number of para-hydroxylation sites is 1. The smallest absolute Gasteiger partial charge is 0.307 e. The summed E-state index contributed by atoms with van der Waals surface area (Å²) >= 11 is 0. The van der Waals surface area contributed by atoms with Crippen LogP contribution in [0.1, 0.15) is 32.4 Å². The van der Waals surface area contributed by atoms with E-state index in [1.54, 1.807) is 45.0 Å². The average molecular weight is 277 g/mol. The van der Waals surface area contributed by atoms with Crippen LogP contribution >= 0.6 is 0 Å². The summed E-state index contributed by atoms with van der Waals surface area (Å²) < 4.78 is 0. The summed E-state index contributed by atoms with van der Waals surface area (Å²) in [4.78, 5) is 23.3. The Labute approximate surface area is 117 Å². The molecule has 3 unspecified atom stereocenters. The molecule has 1 aromatic carbocycles. The number of carbonyl (C=O) groups excluding carboxylic acids is 1. The topological polar surface area (TPSA) is 86.6 Å². The molecule has 0 radical (unpaired) electrons. The number of aliphatic hydroxyl groups excluding tert-OH is 1. The second-order valence-electron chi connectivity index (χ2n) is 5.87. The number of rotatable bonds is 4. The van der Waals surface area contributed by atoms with E-state index in [2.05, 4.69) is 5.32 Å². The van der Waals surface area contributed by atoms with E-state index in [0.717, 1.165) is 0 Å². The van der Waals surface area contributed by atoms with Crippen molar-refractivity contribution in [3.63, 3.8) is 0 Å². The molecule has 1 aliphatic carbocycles. The Hall–Kier alpha value is -1.88. The molecule has 108 valence electrons. The third kappa shape index (κ3) is 2.41. The lowest BCUT2D eigenvalue weighted by Gasteiger charge is -2.13. The van der Waals surface area contributed by atoms with Crippen molar-refractivity contribution < 1.29 is 19.8 Å². The Morgan fingerprint density at radius 3 is 2.35 bits per heavy atom. The lowest BCUT2D eigenvalue weighted by atomic mass is 10.1. The molecular formula is C15H19NO4. The number of carboxylic acids is 1. The van der Waals surface area contributed by atoms with Gasteiger partial charge in [-0.3, -0.25) is 9.59 Å². The maximum atomic E-state index is 12.2. The van der Waals surface area contributed by atoms with Gasteiger partial charge in [0.05, 0.1) is 17.9 Å². The van der Waals surface area contributed by atoms with Crippen LogP contribution in [0.2, 0.25) is 0 Å². The van der Waals surface area contributed by atoms with Gasteiger partial charge in [0, 0.05) is 11.3 Å². The molecule has 5 heteroatoms. The normalized spacial score (nSPS) is 24.8. The van der Waals surface area contributed by atoms with Crippen LogP contribution in [0, 0.1) is 17.3 Å². The van der Waals surface area contributed by atoms with Crippen molar-refractivity contribution in [2.75, 3.05) is 5.32 Å². The molecule has 5 nitrogen and oxygen atoms in total. The first-order chi connectivity index (χ1) is 9.26. The molecule has 20 heavy (non-hydrogen) atoms. The van der Waals surface area contributed by atoms with Crippen molar-refractivity contribution in [1.29, 1.82) is 0 Å². The van der Waals surface area contributed by atoms with Gasteiger partial charge in [-0.05, 0) is 18.4 Å². The van der Waals surface area contributed by atoms with Crippen molar-refractivity contribution in [2.45, 2.75) is 26.9 Å². The predicted molar refractivity (Wildman–Crippen MR) is 74.1 cm³/mol. The van der Waals surface area contributed by atoms with E-state index >= 15 is 0 Å². The number of hydrogen-bond donors (Lipinski definition) is 3. The molecule has 1 saturated carbocycles. The molecule has 1 aliphatic rings. The van der Waals surface area contributed by atoms with E-state index in [9.17, 15) is 14.7 Å². The molecule has 3 N–H and O–H groups in total. The van der Waals surface area contributed by atoms with Gasteiger partial charge in [0.1, 0.15) is 0 Å². The lowest BCUT2D eigenvalue weighted by molar-refractivity contribution is -0.140. The van der Waals surface area contributed by atoms with Crippen LogP contribution in [0.5, 0.6) is 0 Å². The summed E-state index contributed by atoms with van der Waals surface area (Å²) in [6.07, 6.45) is -0.700. The minimum atomic E-state index is -0.945. The highest BCUT2D eigenvalue weighted by atomic mass is 16.4. The van der Waals surface area contributed by atoms with E-state index < -0.39 is 29.3 Å². The van der Waals surface area contributed by atoms with Gasteiger partial charge in [0.25, 0.3) is 0 Å². The summed E-state index contributed by atoms with van der Waals surface area (Å²) in [5.41, 5.74) is 0.612. The molecule has 0 aliphatic heterocycles. The molecule has 1 amide bonds. The van der Waals surface area contributed by atoms with E-state index in [1.807, 2.05) is 0 Å². The summed E-state index contributed by atoms with van der Waals surface area (Å²) in [6, 6.07) is 6.96. The van der Waals surface area contributed by atoms with Crippen LogP contribution in [0.25, 0.3) is 0 Å². The highest BCUT2D eigenvalue weighted by molar-refractivity contribution is 6.00. The fourth-order valence-electron chi connectivity index (χ4n) is 2.77. The van der Waals surface area contributed by atoms with Gasteiger partial charge in [-0.1, -0.05) is 32.0 Å². The number of aliphatic carboxylic acids is 1. The number of benzene rings is 1. The summed E-state index contributed by atoms with van der Waals surface area (Å²) in [5, 5.41) is 21.5. The van der Waals surface area contributed by atoms with Crippen molar-refractivity contribution in [3.05, 3.63) is 29.8 Å². The van der Waals surface area contributed by atoms with Crippen LogP contribution in [0.15, 0.2) is 24.3 Å². The molecule has 1 aromatic rings. The summed E-state index contributed by atoms with van der Waals surface area (Å²) in [7, 11) is 0. The lowest BCUT2D eigenvalue weighted by Crippen LogP contribution is -2.19. The SMILES string of the molecule is CC(O)c1ccccc1NC(=O)C1C(C(=O)O)C1(C)C. The molecule has 0 saturated heterocycles. The maximum Gasteiger partial charge on any atom is 0.307 e. The van der Waals surface area contributed by atoms with E-state index in [0.29, 0.717) is 11.3 Å². The van der Waals surface area contributed by atoms with Crippen molar-refractivity contribution in [1.82, 2.24) is 0 Å². The van der Waals surface area contributed by atoms with Gasteiger partial charge < -0.3 is 15.5 Å². The number of anilines is 1. The van der Waals surface area contributed by atoms with Gasteiger partial charge in [0.2, 0.25) is 5.91 Å². The zero-order valence-corrected chi connectivity index (χ0v) is 11.8. The van der Waals surface area contributed by atoms with Gasteiger partial charge in [-0.25, -0.2) is 0 Å². The molecular weight excluding hydrogens is 258 g/mol. The summed E-state index contributed by atoms with van der Waals surface area (Å²) in [5.74, 6) is -2.45. The number of nitrogens with one attached hydrogen (secondary N) is 1. The third-order valence-electron chi connectivity index (χ3n) is 4.04. The number of carboxylic acid groups (broad SMARTS) is 1. The molecule has 0 heterocycles. The fraction of sp³-hybridized carbons (Fsp3) is 0.467. The van der Waals surface area contributed by atoms with E-state index in [-0.39, 0.29) is 5.91 Å². The van der Waals surface area contributed by atoms with Crippen molar-refractivity contribution in [2.24, 2.45) is 17.3 Å². The monoisotopic (exact) mass is 277 g/mol. The van der Waals surface area contributed by atoms with Crippen molar-refractivity contribution >= 4 is 17.6 Å². The molecule has 2 rings (SSSR count). The molecule has 0 spiro atoms. The highest BCUT2D eigenvalue weighted by Crippen LogP contribution is 2.58. The average Bonchev–Trinajstić information content (AvgIpc) is 2.93. The van der Waals surface area contributed by atoms with Crippen LogP contribution in [0.3, 0.4) is 0 Å². The van der Waals surface area contributed by atoms with Gasteiger partial charge in [0.15, 0.2) is 0 Å². The largest absolute Gasteiger partial charge is 0.481 e. The third-order valence-corrected chi connectivity index (χ3v) is 4.04. The Morgan fingerprint density at radius 1 is 1.25 bits per heavy atom. The second-order valence-corrected chi connectivity index (χ2v) is 5.87. The van der Waals surface area contributed by atoms with Gasteiger partial charge in [-0.2, -0.15) is 0 Å². The van der Waals surface area contributed by atoms with Crippen LogP contribution in [-0.2, 0) is 9.59 Å². The molecule has 0 aromatic heterocycles. The van der Waals surface area contributed by atoms with E-state index in [1.165, 1.54) is 0 Å². The number of amides is 1. The minimum Gasteiger partial charge on any atom is -0.481 e.